The first kappa shape index (κ1) is 12.1. The molecule has 1 rings (SSSR count). The minimum absolute atomic E-state index is 0.0427. The predicted molar refractivity (Wildman–Crippen MR) is 61.6 cm³/mol. The van der Waals surface area contributed by atoms with Gasteiger partial charge in [-0.1, -0.05) is 11.6 Å². The number of methoxy groups -OCH3 is 1. The summed E-state index contributed by atoms with van der Waals surface area (Å²) in [7, 11) is 1.50. The second kappa shape index (κ2) is 4.29. The third-order valence-corrected chi connectivity index (χ3v) is 2.35. The summed E-state index contributed by atoms with van der Waals surface area (Å²) in [5.74, 6) is 0.458. The fourth-order valence-electron chi connectivity index (χ4n) is 1.37. The van der Waals surface area contributed by atoms with Crippen molar-refractivity contribution in [3.05, 3.63) is 22.7 Å². The van der Waals surface area contributed by atoms with Gasteiger partial charge >= 0.3 is 0 Å². The van der Waals surface area contributed by atoms with Gasteiger partial charge in [-0.05, 0) is 31.9 Å². The molecule has 0 atom stereocenters. The van der Waals surface area contributed by atoms with E-state index in [-0.39, 0.29) is 11.3 Å². The monoisotopic (exact) mass is 229 g/mol. The molecule has 0 aromatic heterocycles. The molecule has 1 aromatic carbocycles. The Morgan fingerprint density at radius 3 is 2.53 bits per heavy atom. The first-order chi connectivity index (χ1) is 6.83. The molecule has 0 bridgehead atoms. The Kier molecular flexibility index (Phi) is 3.47. The quantitative estimate of drug-likeness (QED) is 0.837. The van der Waals surface area contributed by atoms with Crippen LogP contribution in [0.15, 0.2) is 12.1 Å². The summed E-state index contributed by atoms with van der Waals surface area (Å²) < 4.78 is 5.01. The zero-order valence-corrected chi connectivity index (χ0v) is 9.93. The highest BCUT2D eigenvalue weighted by Gasteiger charge is 2.16. The molecule has 0 fully saturated rings. The van der Waals surface area contributed by atoms with Crippen LogP contribution in [-0.4, -0.2) is 17.8 Å². The van der Waals surface area contributed by atoms with Gasteiger partial charge in [0.2, 0.25) is 0 Å². The van der Waals surface area contributed by atoms with Crippen LogP contribution in [0.5, 0.6) is 11.5 Å². The van der Waals surface area contributed by atoms with Crippen molar-refractivity contribution in [3.63, 3.8) is 0 Å². The molecule has 1 aromatic rings. The molecule has 84 valence electrons. The van der Waals surface area contributed by atoms with Crippen LogP contribution in [0.4, 0.5) is 0 Å². The van der Waals surface area contributed by atoms with Gasteiger partial charge < -0.3 is 15.6 Å². The van der Waals surface area contributed by atoms with Crippen molar-refractivity contribution in [3.8, 4) is 11.5 Å². The first-order valence-corrected chi connectivity index (χ1v) is 5.05. The Bertz CT molecular complexity index is 358. The molecule has 0 spiro atoms. The van der Waals surface area contributed by atoms with Crippen LogP contribution in [0.1, 0.15) is 19.4 Å². The van der Waals surface area contributed by atoms with E-state index < -0.39 is 0 Å². The number of hydrogen-bond acceptors (Lipinski definition) is 3. The molecule has 0 amide bonds. The number of hydrogen-bond donors (Lipinski definition) is 2. The van der Waals surface area contributed by atoms with Gasteiger partial charge in [0.1, 0.15) is 0 Å². The van der Waals surface area contributed by atoms with Gasteiger partial charge in [0.15, 0.2) is 11.5 Å². The predicted octanol–water partition coefficient (Wildman–Crippen LogP) is 2.33. The second-order valence-corrected chi connectivity index (χ2v) is 4.69. The van der Waals surface area contributed by atoms with Gasteiger partial charge in [0.05, 0.1) is 7.11 Å². The highest BCUT2D eigenvalue weighted by molar-refractivity contribution is 6.31. The summed E-state index contributed by atoms with van der Waals surface area (Å²) in [6, 6.07) is 3.19. The summed E-state index contributed by atoms with van der Waals surface area (Å²) >= 11 is 5.99. The van der Waals surface area contributed by atoms with E-state index in [1.165, 1.54) is 13.2 Å². The van der Waals surface area contributed by atoms with Crippen molar-refractivity contribution in [2.24, 2.45) is 5.73 Å². The fraction of sp³-hybridized carbons (Fsp3) is 0.455. The van der Waals surface area contributed by atoms with Gasteiger partial charge in [-0.25, -0.2) is 0 Å². The first-order valence-electron chi connectivity index (χ1n) is 4.68. The lowest BCUT2D eigenvalue weighted by Gasteiger charge is -2.19. The minimum Gasteiger partial charge on any atom is -0.504 e. The maximum atomic E-state index is 9.47. The number of halogens is 1. The molecule has 0 saturated heterocycles. The van der Waals surface area contributed by atoms with Gasteiger partial charge in [-0.2, -0.15) is 0 Å². The Hall–Kier alpha value is -0.930. The van der Waals surface area contributed by atoms with Crippen molar-refractivity contribution in [2.75, 3.05) is 7.11 Å². The normalized spacial score (nSPS) is 11.5. The molecule has 3 nitrogen and oxygen atoms in total. The van der Waals surface area contributed by atoms with E-state index in [1.54, 1.807) is 6.07 Å². The van der Waals surface area contributed by atoms with Crippen LogP contribution >= 0.6 is 11.6 Å². The largest absolute Gasteiger partial charge is 0.504 e. The molecule has 0 aliphatic rings. The van der Waals surface area contributed by atoms with Crippen LogP contribution in [0.2, 0.25) is 5.02 Å². The standard InChI is InChI=1S/C11H16ClNO2/c1-11(2,13)6-7-4-10(15-3)9(14)5-8(7)12/h4-5,14H,6,13H2,1-3H3. The van der Waals surface area contributed by atoms with Gasteiger partial charge in [-0.15, -0.1) is 0 Å². The molecular weight excluding hydrogens is 214 g/mol. The van der Waals surface area contributed by atoms with Crippen LogP contribution in [0.3, 0.4) is 0 Å². The number of nitrogens with two attached hydrogens (primary N) is 1. The van der Waals surface area contributed by atoms with E-state index in [0.29, 0.717) is 17.2 Å². The highest BCUT2D eigenvalue weighted by atomic mass is 35.5. The number of phenolic OH excluding ortho intramolecular Hbond substituents is 1. The summed E-state index contributed by atoms with van der Waals surface area (Å²) in [5.41, 5.74) is 6.44. The van der Waals surface area contributed by atoms with Gasteiger partial charge in [0, 0.05) is 16.6 Å². The number of benzene rings is 1. The average Bonchev–Trinajstić information content (AvgIpc) is 2.07. The Morgan fingerprint density at radius 2 is 2.07 bits per heavy atom. The number of ether oxygens (including phenoxy) is 1. The highest BCUT2D eigenvalue weighted by Crippen LogP contribution is 2.33. The van der Waals surface area contributed by atoms with Crippen LogP contribution in [0.25, 0.3) is 0 Å². The van der Waals surface area contributed by atoms with Crippen molar-refractivity contribution in [2.45, 2.75) is 25.8 Å². The summed E-state index contributed by atoms with van der Waals surface area (Å²) in [6.07, 6.45) is 0.627. The Balaban J connectivity index is 3.08. The van der Waals surface area contributed by atoms with E-state index in [0.717, 1.165) is 5.56 Å². The van der Waals surface area contributed by atoms with E-state index in [2.05, 4.69) is 0 Å². The molecule has 0 saturated carbocycles. The van der Waals surface area contributed by atoms with Crippen molar-refractivity contribution < 1.29 is 9.84 Å². The van der Waals surface area contributed by atoms with E-state index in [9.17, 15) is 5.11 Å². The van der Waals surface area contributed by atoms with Crippen molar-refractivity contribution in [1.29, 1.82) is 0 Å². The van der Waals surface area contributed by atoms with E-state index in [1.807, 2.05) is 13.8 Å². The molecule has 0 aliphatic carbocycles. The molecule has 0 aliphatic heterocycles. The zero-order valence-electron chi connectivity index (χ0n) is 9.17. The Morgan fingerprint density at radius 1 is 1.47 bits per heavy atom. The minimum atomic E-state index is -0.342. The smallest absolute Gasteiger partial charge is 0.160 e. The van der Waals surface area contributed by atoms with Crippen LogP contribution in [0, 0.1) is 0 Å². The third-order valence-electron chi connectivity index (χ3n) is 1.99. The topological polar surface area (TPSA) is 55.5 Å². The molecule has 4 heteroatoms. The fourth-order valence-corrected chi connectivity index (χ4v) is 1.60. The number of aromatic hydroxyl groups is 1. The lowest BCUT2D eigenvalue weighted by Crippen LogP contribution is -2.34. The van der Waals surface area contributed by atoms with E-state index >= 15 is 0 Å². The van der Waals surface area contributed by atoms with Crippen molar-refractivity contribution in [1.82, 2.24) is 0 Å². The average molecular weight is 230 g/mol. The van der Waals surface area contributed by atoms with Crippen LogP contribution < -0.4 is 10.5 Å². The lowest BCUT2D eigenvalue weighted by atomic mass is 9.96. The maximum Gasteiger partial charge on any atom is 0.160 e. The lowest BCUT2D eigenvalue weighted by molar-refractivity contribution is 0.372. The summed E-state index contributed by atoms with van der Waals surface area (Å²) in [6.45, 7) is 3.84. The number of phenols is 1. The molecule has 0 heterocycles. The SMILES string of the molecule is COc1cc(CC(C)(C)N)c(Cl)cc1O. The number of rotatable bonds is 3. The summed E-state index contributed by atoms with van der Waals surface area (Å²) in [4.78, 5) is 0. The van der Waals surface area contributed by atoms with Crippen molar-refractivity contribution >= 4 is 11.6 Å². The maximum absolute atomic E-state index is 9.47. The molecular formula is C11H16ClNO2. The zero-order chi connectivity index (χ0) is 11.6. The molecule has 0 unspecified atom stereocenters. The van der Waals surface area contributed by atoms with Gasteiger partial charge in [-0.3, -0.25) is 0 Å². The summed E-state index contributed by atoms with van der Waals surface area (Å²) in [5, 5.41) is 9.98. The second-order valence-electron chi connectivity index (χ2n) is 4.28. The van der Waals surface area contributed by atoms with Crippen LogP contribution in [-0.2, 0) is 6.42 Å². The third kappa shape index (κ3) is 3.29. The van der Waals surface area contributed by atoms with Gasteiger partial charge in [0.25, 0.3) is 0 Å². The Labute approximate surface area is 94.8 Å². The molecule has 3 N–H and O–H groups in total. The molecule has 15 heavy (non-hydrogen) atoms. The van der Waals surface area contributed by atoms with E-state index in [4.69, 9.17) is 22.1 Å². The molecule has 0 radical (unpaired) electrons.